The number of benzene rings is 3. The number of alkyl halides is 9. The van der Waals surface area contributed by atoms with Crippen LogP contribution in [0.5, 0.6) is 5.75 Å². The zero-order chi connectivity index (χ0) is 27.1. The van der Waals surface area contributed by atoms with Crippen molar-refractivity contribution in [1.82, 2.24) is 0 Å². The molecule has 0 bridgehead atoms. The van der Waals surface area contributed by atoms with Crippen LogP contribution in [-0.4, -0.2) is 25.6 Å². The van der Waals surface area contributed by atoms with E-state index in [-0.39, 0.29) is 18.5 Å². The fraction of sp³-hybridized carbons (Fsp3) is 0.308. The molecule has 0 aliphatic carbocycles. The first kappa shape index (κ1) is 26.7. The topological polar surface area (TPSA) is 12.5 Å². The van der Waals surface area contributed by atoms with E-state index in [9.17, 15) is 39.5 Å². The molecule has 0 N–H and O–H groups in total. The molecule has 1 aliphatic heterocycles. The summed E-state index contributed by atoms with van der Waals surface area (Å²) in [5, 5.41) is 0. The highest BCUT2D eigenvalue weighted by atomic mass is 19.4. The van der Waals surface area contributed by atoms with Gasteiger partial charge in [0.05, 0.1) is 12.0 Å². The second kappa shape index (κ2) is 9.50. The van der Waals surface area contributed by atoms with Gasteiger partial charge in [-0.05, 0) is 47.4 Å². The van der Waals surface area contributed by atoms with E-state index in [2.05, 4.69) is 4.74 Å². The summed E-state index contributed by atoms with van der Waals surface area (Å²) in [5.74, 6) is -0.510. The van der Waals surface area contributed by atoms with Crippen LogP contribution >= 0.6 is 0 Å². The van der Waals surface area contributed by atoms with Crippen molar-refractivity contribution in [2.24, 2.45) is 0 Å². The van der Waals surface area contributed by atoms with Gasteiger partial charge in [-0.1, -0.05) is 48.5 Å². The Bertz CT molecular complexity index is 1250. The minimum atomic E-state index is -4.95. The van der Waals surface area contributed by atoms with E-state index in [0.717, 1.165) is 24.3 Å². The van der Waals surface area contributed by atoms with Crippen molar-refractivity contribution in [2.45, 2.75) is 37.0 Å². The Balaban J connectivity index is 1.84. The third-order valence-corrected chi connectivity index (χ3v) is 6.27. The average molecular weight is 533 g/mol. The molecule has 0 fully saturated rings. The Hall–Kier alpha value is -3.37. The maximum Gasteiger partial charge on any atom is 0.573 e. The van der Waals surface area contributed by atoms with E-state index in [1.54, 1.807) is 24.3 Å². The van der Waals surface area contributed by atoms with E-state index in [4.69, 9.17) is 0 Å². The number of anilines is 1. The molecule has 1 aliphatic rings. The van der Waals surface area contributed by atoms with Gasteiger partial charge in [0.1, 0.15) is 5.75 Å². The van der Waals surface area contributed by atoms with Crippen LogP contribution in [0.3, 0.4) is 0 Å². The van der Waals surface area contributed by atoms with Gasteiger partial charge in [0.25, 0.3) is 0 Å². The summed E-state index contributed by atoms with van der Waals surface area (Å²) < 4.78 is 122. The normalized spacial score (nSPS) is 18.1. The summed E-state index contributed by atoms with van der Waals surface area (Å²) in [7, 11) is 0. The molecular weight excluding hydrogens is 513 g/mol. The predicted molar refractivity (Wildman–Crippen MR) is 118 cm³/mol. The van der Waals surface area contributed by atoms with Crippen molar-refractivity contribution in [3.8, 4) is 5.75 Å². The summed E-state index contributed by atoms with van der Waals surface area (Å²) in [6, 6.07) is 16.0. The van der Waals surface area contributed by atoms with Gasteiger partial charge in [0.2, 0.25) is 0 Å². The number of ether oxygens (including phenoxy) is 1. The van der Waals surface area contributed by atoms with Gasteiger partial charge in [0, 0.05) is 24.2 Å². The molecule has 4 rings (SSSR count). The van der Waals surface area contributed by atoms with Crippen molar-refractivity contribution in [1.29, 1.82) is 0 Å². The Labute approximate surface area is 206 Å². The van der Waals surface area contributed by atoms with Crippen LogP contribution in [0.15, 0.2) is 72.8 Å². The molecule has 1 unspecified atom stereocenters. The summed E-state index contributed by atoms with van der Waals surface area (Å²) >= 11 is 0. The molecule has 1 heterocycles. The van der Waals surface area contributed by atoms with Gasteiger partial charge in [-0.15, -0.1) is 13.2 Å². The molecule has 3 aromatic rings. The number of fused-ring (bicyclic) bond motifs is 1. The maximum absolute atomic E-state index is 13.6. The van der Waals surface area contributed by atoms with Crippen LogP contribution in [0.25, 0.3) is 0 Å². The van der Waals surface area contributed by atoms with Crippen LogP contribution in [0.4, 0.5) is 45.2 Å². The van der Waals surface area contributed by atoms with Crippen molar-refractivity contribution in [3.05, 3.63) is 95.1 Å². The minimum Gasteiger partial charge on any atom is -0.406 e. The van der Waals surface area contributed by atoms with Gasteiger partial charge in [-0.2, -0.15) is 26.3 Å². The van der Waals surface area contributed by atoms with E-state index in [0.29, 0.717) is 16.8 Å². The van der Waals surface area contributed by atoms with Crippen molar-refractivity contribution >= 4 is 5.69 Å². The Morgan fingerprint density at radius 2 is 1.49 bits per heavy atom. The highest BCUT2D eigenvalue weighted by molar-refractivity contribution is 5.67. The molecule has 0 spiro atoms. The number of hydrogen-bond donors (Lipinski definition) is 0. The Morgan fingerprint density at radius 3 is 2.16 bits per heavy atom. The quantitative estimate of drug-likeness (QED) is 0.299. The van der Waals surface area contributed by atoms with Crippen LogP contribution < -0.4 is 9.64 Å². The third kappa shape index (κ3) is 6.14. The number of halogens is 9. The lowest BCUT2D eigenvalue weighted by molar-refractivity contribution is -0.274. The van der Waals surface area contributed by atoms with Crippen molar-refractivity contribution in [2.75, 3.05) is 18.0 Å². The molecule has 0 aromatic heterocycles. The van der Waals surface area contributed by atoms with Crippen molar-refractivity contribution < 1.29 is 44.3 Å². The second-order valence-electron chi connectivity index (χ2n) is 8.84. The van der Waals surface area contributed by atoms with E-state index >= 15 is 0 Å². The standard InChI is InChI=1S/C26H20F9NO/c27-24(28,29)11-12-36-16-23(21-9-1-2-10-22(21)36,18-6-4-7-19(14-18)25(30,31)32)15-17-5-3-8-20(13-17)37-26(33,34)35/h1-10,13-14H,11-12,15-16H2. The van der Waals surface area contributed by atoms with Gasteiger partial charge in [-0.3, -0.25) is 0 Å². The van der Waals surface area contributed by atoms with Crippen LogP contribution in [0.2, 0.25) is 0 Å². The van der Waals surface area contributed by atoms with Gasteiger partial charge in [-0.25, -0.2) is 0 Å². The van der Waals surface area contributed by atoms with Crippen molar-refractivity contribution in [3.63, 3.8) is 0 Å². The van der Waals surface area contributed by atoms with Gasteiger partial charge >= 0.3 is 18.7 Å². The number of hydrogen-bond acceptors (Lipinski definition) is 2. The molecular formula is C26H20F9NO. The monoisotopic (exact) mass is 533 g/mol. The summed E-state index contributed by atoms with van der Waals surface area (Å²) in [6.45, 7) is -0.535. The molecule has 0 saturated heterocycles. The van der Waals surface area contributed by atoms with Crippen LogP contribution in [0, 0.1) is 0 Å². The molecule has 3 aromatic carbocycles. The molecule has 11 heteroatoms. The minimum absolute atomic E-state index is 0.0805. The second-order valence-corrected chi connectivity index (χ2v) is 8.84. The van der Waals surface area contributed by atoms with Gasteiger partial charge < -0.3 is 9.64 Å². The van der Waals surface area contributed by atoms with Crippen LogP contribution in [-0.2, 0) is 18.0 Å². The average Bonchev–Trinajstić information content (AvgIpc) is 3.10. The summed E-state index contributed by atoms with van der Waals surface area (Å²) in [5.41, 5.74) is -0.811. The summed E-state index contributed by atoms with van der Waals surface area (Å²) in [6.07, 6.45) is -15.3. The first-order chi connectivity index (χ1) is 17.2. The maximum atomic E-state index is 13.6. The molecule has 198 valence electrons. The zero-order valence-corrected chi connectivity index (χ0v) is 19.0. The SMILES string of the molecule is FC(F)(F)CCN1CC(Cc2cccc(OC(F)(F)F)c2)(c2cccc(C(F)(F)F)c2)c2ccccc21. The predicted octanol–water partition coefficient (Wildman–Crippen LogP) is 7.91. The first-order valence-corrected chi connectivity index (χ1v) is 11.1. The fourth-order valence-electron chi connectivity index (χ4n) is 4.81. The number of para-hydroxylation sites is 1. The van der Waals surface area contributed by atoms with E-state index < -0.39 is 48.4 Å². The molecule has 1 atom stereocenters. The van der Waals surface area contributed by atoms with E-state index in [1.165, 1.54) is 29.2 Å². The van der Waals surface area contributed by atoms with Crippen LogP contribution in [0.1, 0.15) is 28.7 Å². The fourth-order valence-corrected chi connectivity index (χ4v) is 4.81. The summed E-state index contributed by atoms with van der Waals surface area (Å²) in [4.78, 5) is 1.46. The molecule has 37 heavy (non-hydrogen) atoms. The number of rotatable bonds is 6. The largest absolute Gasteiger partial charge is 0.573 e. The lowest BCUT2D eigenvalue weighted by atomic mass is 9.71. The number of nitrogens with zero attached hydrogens (tertiary/aromatic N) is 1. The zero-order valence-electron chi connectivity index (χ0n) is 19.0. The molecule has 0 saturated carbocycles. The Kier molecular flexibility index (Phi) is 6.85. The third-order valence-electron chi connectivity index (χ3n) is 6.27. The lowest BCUT2D eigenvalue weighted by Gasteiger charge is -2.33. The first-order valence-electron chi connectivity index (χ1n) is 11.1. The highest BCUT2D eigenvalue weighted by Gasteiger charge is 2.46. The molecule has 0 radical (unpaired) electrons. The van der Waals surface area contributed by atoms with Gasteiger partial charge in [0.15, 0.2) is 0 Å². The molecule has 2 nitrogen and oxygen atoms in total. The van der Waals surface area contributed by atoms with E-state index in [1.807, 2.05) is 0 Å². The lowest BCUT2D eigenvalue weighted by Crippen LogP contribution is -2.38. The Morgan fingerprint density at radius 1 is 0.784 bits per heavy atom. The molecule has 0 amide bonds. The smallest absolute Gasteiger partial charge is 0.406 e. The highest BCUT2D eigenvalue weighted by Crippen LogP contribution is 2.48.